The molecule has 0 bridgehead atoms. The van der Waals surface area contributed by atoms with Gasteiger partial charge in [-0.15, -0.1) is 0 Å². The van der Waals surface area contributed by atoms with Crippen molar-refractivity contribution in [2.24, 2.45) is 0 Å². The standard InChI is InChI=1S/C19H22N2O3/c1-14-5-3-7-16(11-14)24-13-19(23)9-10-21(12-19)18(22)17-8-4-6-15(2)20-17/h3-8,11,23H,9-10,12-13H2,1-2H3. The molecule has 1 N–H and O–H groups in total. The zero-order valence-electron chi connectivity index (χ0n) is 14.0. The largest absolute Gasteiger partial charge is 0.491 e. The molecule has 1 fully saturated rings. The maximum absolute atomic E-state index is 12.5. The van der Waals surface area contributed by atoms with E-state index in [1.54, 1.807) is 11.0 Å². The molecular weight excluding hydrogens is 304 g/mol. The predicted molar refractivity (Wildman–Crippen MR) is 91.1 cm³/mol. The van der Waals surface area contributed by atoms with Crippen LogP contribution in [0.15, 0.2) is 42.5 Å². The molecule has 0 spiro atoms. The number of carbonyl (C=O) groups excluding carboxylic acids is 1. The Labute approximate surface area is 141 Å². The Kier molecular flexibility index (Phi) is 4.53. The summed E-state index contributed by atoms with van der Waals surface area (Å²) in [7, 11) is 0. The Hall–Kier alpha value is -2.40. The highest BCUT2D eigenvalue weighted by Gasteiger charge is 2.39. The lowest BCUT2D eigenvalue weighted by atomic mass is 10.1. The van der Waals surface area contributed by atoms with Gasteiger partial charge in [0.05, 0.1) is 6.54 Å². The van der Waals surface area contributed by atoms with Crippen LogP contribution in [0.4, 0.5) is 0 Å². The van der Waals surface area contributed by atoms with Crippen LogP contribution in [0, 0.1) is 13.8 Å². The molecule has 3 rings (SSSR count). The Balaban J connectivity index is 1.62. The van der Waals surface area contributed by atoms with Crippen molar-refractivity contribution in [2.45, 2.75) is 25.9 Å². The maximum atomic E-state index is 12.5. The fourth-order valence-corrected chi connectivity index (χ4v) is 2.89. The molecule has 5 nitrogen and oxygen atoms in total. The number of pyridine rings is 1. The molecule has 1 aromatic carbocycles. The molecule has 0 saturated carbocycles. The summed E-state index contributed by atoms with van der Waals surface area (Å²) in [6.07, 6.45) is 0.496. The minimum Gasteiger partial charge on any atom is -0.491 e. The fourth-order valence-electron chi connectivity index (χ4n) is 2.89. The first-order valence-corrected chi connectivity index (χ1v) is 8.10. The molecular formula is C19H22N2O3. The number of aryl methyl sites for hydroxylation is 2. The van der Waals surface area contributed by atoms with Gasteiger partial charge in [-0.05, 0) is 50.1 Å². The SMILES string of the molecule is Cc1cccc(OCC2(O)CCN(C(=O)c3cccc(C)n3)C2)c1. The second-order valence-corrected chi connectivity index (χ2v) is 6.47. The van der Waals surface area contributed by atoms with Gasteiger partial charge in [0.2, 0.25) is 0 Å². The quantitative estimate of drug-likeness (QED) is 0.937. The molecule has 1 unspecified atom stereocenters. The molecule has 1 aromatic heterocycles. The van der Waals surface area contributed by atoms with E-state index in [0.717, 1.165) is 17.0 Å². The second-order valence-electron chi connectivity index (χ2n) is 6.47. The Morgan fingerprint density at radius 1 is 1.29 bits per heavy atom. The van der Waals surface area contributed by atoms with Crippen molar-refractivity contribution in [3.63, 3.8) is 0 Å². The summed E-state index contributed by atoms with van der Waals surface area (Å²) in [6.45, 7) is 4.77. The van der Waals surface area contributed by atoms with E-state index in [2.05, 4.69) is 4.98 Å². The topological polar surface area (TPSA) is 62.7 Å². The van der Waals surface area contributed by atoms with E-state index in [-0.39, 0.29) is 19.1 Å². The van der Waals surface area contributed by atoms with Crippen molar-refractivity contribution in [3.8, 4) is 5.75 Å². The highest BCUT2D eigenvalue weighted by molar-refractivity contribution is 5.92. The van der Waals surface area contributed by atoms with Crippen molar-refractivity contribution in [2.75, 3.05) is 19.7 Å². The second kappa shape index (κ2) is 6.61. The summed E-state index contributed by atoms with van der Waals surface area (Å²) in [5.41, 5.74) is 1.30. The van der Waals surface area contributed by atoms with Gasteiger partial charge in [0.15, 0.2) is 0 Å². The molecule has 1 saturated heterocycles. The first-order chi connectivity index (χ1) is 11.5. The first-order valence-electron chi connectivity index (χ1n) is 8.10. The van der Waals surface area contributed by atoms with E-state index in [1.807, 2.05) is 50.2 Å². The van der Waals surface area contributed by atoms with Crippen LogP contribution in [0.3, 0.4) is 0 Å². The van der Waals surface area contributed by atoms with E-state index in [0.29, 0.717) is 18.7 Å². The van der Waals surface area contributed by atoms with Crippen molar-refractivity contribution in [1.82, 2.24) is 9.88 Å². The van der Waals surface area contributed by atoms with Crippen LogP contribution >= 0.6 is 0 Å². The number of likely N-dealkylation sites (tertiary alicyclic amines) is 1. The van der Waals surface area contributed by atoms with Gasteiger partial charge in [-0.25, -0.2) is 4.98 Å². The van der Waals surface area contributed by atoms with Gasteiger partial charge < -0.3 is 14.7 Å². The number of nitrogens with zero attached hydrogens (tertiary/aromatic N) is 2. The third-order valence-corrected chi connectivity index (χ3v) is 4.22. The number of β-amino-alcohol motifs (C(OH)–C–C–N with tert-alkyl or cyclic N) is 1. The molecule has 1 amide bonds. The molecule has 1 atom stereocenters. The maximum Gasteiger partial charge on any atom is 0.272 e. The van der Waals surface area contributed by atoms with Gasteiger partial charge in [0, 0.05) is 12.2 Å². The smallest absolute Gasteiger partial charge is 0.272 e. The summed E-state index contributed by atoms with van der Waals surface area (Å²) in [4.78, 5) is 18.4. The highest BCUT2D eigenvalue weighted by atomic mass is 16.5. The number of hydrogen-bond acceptors (Lipinski definition) is 4. The Morgan fingerprint density at radius 2 is 2.08 bits per heavy atom. The summed E-state index contributed by atoms with van der Waals surface area (Å²) in [5.74, 6) is 0.582. The van der Waals surface area contributed by atoms with Crippen LogP contribution in [0.1, 0.15) is 28.2 Å². The number of benzene rings is 1. The van der Waals surface area contributed by atoms with Crippen molar-refractivity contribution >= 4 is 5.91 Å². The van der Waals surface area contributed by atoms with E-state index in [1.165, 1.54) is 0 Å². The number of rotatable bonds is 4. The molecule has 24 heavy (non-hydrogen) atoms. The normalized spacial score (nSPS) is 20.2. The number of hydrogen-bond donors (Lipinski definition) is 1. The van der Waals surface area contributed by atoms with Crippen LogP contribution in [0.5, 0.6) is 5.75 Å². The molecule has 1 aliphatic heterocycles. The van der Waals surface area contributed by atoms with Crippen molar-refractivity contribution in [3.05, 3.63) is 59.4 Å². The van der Waals surface area contributed by atoms with Crippen molar-refractivity contribution < 1.29 is 14.6 Å². The number of ether oxygens (including phenoxy) is 1. The third kappa shape index (κ3) is 3.74. The summed E-state index contributed by atoms with van der Waals surface area (Å²) in [5, 5.41) is 10.7. The number of aliphatic hydroxyl groups is 1. The molecule has 0 aliphatic carbocycles. The van der Waals surface area contributed by atoms with Crippen LogP contribution < -0.4 is 4.74 Å². The van der Waals surface area contributed by atoms with Crippen LogP contribution in [-0.4, -0.2) is 46.2 Å². The van der Waals surface area contributed by atoms with Gasteiger partial charge in [-0.1, -0.05) is 18.2 Å². The monoisotopic (exact) mass is 326 g/mol. The molecule has 1 aliphatic rings. The fraction of sp³-hybridized carbons (Fsp3) is 0.368. The Bertz CT molecular complexity index is 747. The zero-order valence-corrected chi connectivity index (χ0v) is 14.0. The summed E-state index contributed by atoms with van der Waals surface area (Å²) < 4.78 is 5.72. The van der Waals surface area contributed by atoms with Gasteiger partial charge in [0.25, 0.3) is 5.91 Å². The Morgan fingerprint density at radius 3 is 2.83 bits per heavy atom. The lowest BCUT2D eigenvalue weighted by Crippen LogP contribution is -2.40. The van der Waals surface area contributed by atoms with E-state index in [9.17, 15) is 9.90 Å². The van der Waals surface area contributed by atoms with E-state index < -0.39 is 5.60 Å². The molecule has 2 heterocycles. The van der Waals surface area contributed by atoms with Gasteiger partial charge >= 0.3 is 0 Å². The van der Waals surface area contributed by atoms with Gasteiger partial charge in [0.1, 0.15) is 23.7 Å². The summed E-state index contributed by atoms with van der Waals surface area (Å²) in [6, 6.07) is 13.1. The lowest BCUT2D eigenvalue weighted by molar-refractivity contribution is 0.00423. The first kappa shape index (κ1) is 16.5. The summed E-state index contributed by atoms with van der Waals surface area (Å²) >= 11 is 0. The average Bonchev–Trinajstić information content (AvgIpc) is 2.95. The number of carbonyl (C=O) groups is 1. The van der Waals surface area contributed by atoms with E-state index >= 15 is 0 Å². The minimum absolute atomic E-state index is 0.148. The highest BCUT2D eigenvalue weighted by Crippen LogP contribution is 2.24. The van der Waals surface area contributed by atoms with E-state index in [4.69, 9.17) is 4.74 Å². The zero-order chi connectivity index (χ0) is 17.2. The lowest BCUT2D eigenvalue weighted by Gasteiger charge is -2.23. The molecule has 0 radical (unpaired) electrons. The number of amides is 1. The molecule has 5 heteroatoms. The molecule has 2 aromatic rings. The average molecular weight is 326 g/mol. The van der Waals surface area contributed by atoms with Crippen LogP contribution in [0.25, 0.3) is 0 Å². The van der Waals surface area contributed by atoms with Gasteiger partial charge in [-0.3, -0.25) is 4.79 Å². The number of aromatic nitrogens is 1. The van der Waals surface area contributed by atoms with Crippen molar-refractivity contribution in [1.29, 1.82) is 0 Å². The molecule has 126 valence electrons. The third-order valence-electron chi connectivity index (χ3n) is 4.22. The minimum atomic E-state index is -1.02. The van der Waals surface area contributed by atoms with Crippen LogP contribution in [-0.2, 0) is 0 Å². The predicted octanol–water partition coefficient (Wildman–Crippen LogP) is 2.35. The van der Waals surface area contributed by atoms with Gasteiger partial charge in [-0.2, -0.15) is 0 Å². The van der Waals surface area contributed by atoms with Crippen LogP contribution in [0.2, 0.25) is 0 Å².